The highest BCUT2D eigenvalue weighted by atomic mass is 16.5. The summed E-state index contributed by atoms with van der Waals surface area (Å²) in [6.07, 6.45) is 6.48. The quantitative estimate of drug-likeness (QED) is 0.791. The van der Waals surface area contributed by atoms with Crippen LogP contribution in [0.3, 0.4) is 0 Å². The summed E-state index contributed by atoms with van der Waals surface area (Å²) in [7, 11) is 1.75. The van der Waals surface area contributed by atoms with Crippen molar-refractivity contribution in [3.05, 3.63) is 23.8 Å². The normalized spacial score (nSPS) is 22.6. The first-order valence-corrected chi connectivity index (χ1v) is 7.41. The van der Waals surface area contributed by atoms with Gasteiger partial charge in [-0.1, -0.05) is 26.3 Å². The van der Waals surface area contributed by atoms with Crippen LogP contribution in [-0.2, 0) is 0 Å². The first kappa shape index (κ1) is 14.2. The van der Waals surface area contributed by atoms with E-state index in [2.05, 4.69) is 44.3 Å². The molecule has 19 heavy (non-hydrogen) atoms. The third-order valence-electron chi connectivity index (χ3n) is 4.29. The van der Waals surface area contributed by atoms with Gasteiger partial charge in [0.2, 0.25) is 0 Å². The van der Waals surface area contributed by atoms with Gasteiger partial charge in [-0.05, 0) is 55.7 Å². The second-order valence-corrected chi connectivity index (χ2v) is 6.64. The number of anilines is 1. The summed E-state index contributed by atoms with van der Waals surface area (Å²) in [5, 5.41) is 3.68. The van der Waals surface area contributed by atoms with Gasteiger partial charge in [0.15, 0.2) is 0 Å². The molecule has 1 atom stereocenters. The highest BCUT2D eigenvalue weighted by Gasteiger charge is 2.24. The minimum atomic E-state index is 0.508. The van der Waals surface area contributed by atoms with Gasteiger partial charge in [0.25, 0.3) is 0 Å². The number of aryl methyl sites for hydroxylation is 1. The summed E-state index contributed by atoms with van der Waals surface area (Å²) in [6, 6.07) is 6.97. The molecule has 1 aromatic carbocycles. The van der Waals surface area contributed by atoms with E-state index >= 15 is 0 Å². The maximum Gasteiger partial charge on any atom is 0.142 e. The van der Waals surface area contributed by atoms with E-state index in [1.807, 2.05) is 0 Å². The topological polar surface area (TPSA) is 21.3 Å². The molecule has 1 aromatic rings. The van der Waals surface area contributed by atoms with Crippen LogP contribution in [0.4, 0.5) is 5.69 Å². The van der Waals surface area contributed by atoms with Crippen LogP contribution in [0.1, 0.15) is 51.5 Å². The average molecular weight is 261 g/mol. The SMILES string of the molecule is COc1cc(C)ccc1NC1CCCC(C)(C)CC1. The van der Waals surface area contributed by atoms with Gasteiger partial charge < -0.3 is 10.1 Å². The first-order chi connectivity index (χ1) is 9.00. The number of methoxy groups -OCH3 is 1. The standard InChI is InChI=1S/C17H27NO/c1-13-7-8-15(16(12-13)19-4)18-14-6-5-10-17(2,3)11-9-14/h7-8,12,14,18H,5-6,9-11H2,1-4H3. The van der Waals surface area contributed by atoms with Crippen molar-refractivity contribution in [2.24, 2.45) is 5.41 Å². The second-order valence-electron chi connectivity index (χ2n) is 6.64. The zero-order valence-corrected chi connectivity index (χ0v) is 12.8. The average Bonchev–Trinajstić information content (AvgIpc) is 2.53. The molecule has 2 heteroatoms. The Morgan fingerprint density at radius 2 is 2.00 bits per heavy atom. The molecule has 0 bridgehead atoms. The van der Waals surface area contributed by atoms with E-state index in [1.54, 1.807) is 7.11 Å². The molecule has 1 fully saturated rings. The van der Waals surface area contributed by atoms with Gasteiger partial charge in [0, 0.05) is 6.04 Å². The summed E-state index contributed by atoms with van der Waals surface area (Å²) in [5.41, 5.74) is 2.88. The smallest absolute Gasteiger partial charge is 0.142 e. The highest BCUT2D eigenvalue weighted by molar-refractivity contribution is 5.58. The number of ether oxygens (including phenoxy) is 1. The van der Waals surface area contributed by atoms with Gasteiger partial charge in [-0.2, -0.15) is 0 Å². The predicted octanol–water partition coefficient (Wildman–Crippen LogP) is 4.77. The van der Waals surface area contributed by atoms with Crippen molar-refractivity contribution in [1.82, 2.24) is 0 Å². The molecule has 1 aliphatic carbocycles. The lowest BCUT2D eigenvalue weighted by Crippen LogP contribution is -2.19. The van der Waals surface area contributed by atoms with Crippen LogP contribution >= 0.6 is 0 Å². The lowest BCUT2D eigenvalue weighted by atomic mass is 9.85. The molecule has 2 nitrogen and oxygen atoms in total. The number of hydrogen-bond acceptors (Lipinski definition) is 2. The van der Waals surface area contributed by atoms with E-state index in [1.165, 1.54) is 37.7 Å². The van der Waals surface area contributed by atoms with Crippen molar-refractivity contribution in [2.45, 2.75) is 58.9 Å². The Labute approximate surface area is 117 Å². The maximum absolute atomic E-state index is 5.48. The molecule has 0 amide bonds. The molecule has 1 aliphatic rings. The van der Waals surface area contributed by atoms with Crippen LogP contribution < -0.4 is 10.1 Å². The number of hydrogen-bond donors (Lipinski definition) is 1. The monoisotopic (exact) mass is 261 g/mol. The van der Waals surface area contributed by atoms with Crippen LogP contribution in [0.15, 0.2) is 18.2 Å². The molecule has 0 heterocycles. The summed E-state index contributed by atoms with van der Waals surface area (Å²) >= 11 is 0. The molecule has 0 spiro atoms. The van der Waals surface area contributed by atoms with Crippen molar-refractivity contribution >= 4 is 5.69 Å². The fraction of sp³-hybridized carbons (Fsp3) is 0.647. The molecule has 1 unspecified atom stereocenters. The summed E-state index contributed by atoms with van der Waals surface area (Å²) < 4.78 is 5.48. The van der Waals surface area contributed by atoms with Crippen LogP contribution in [0.2, 0.25) is 0 Å². The Balaban J connectivity index is 2.05. The minimum Gasteiger partial charge on any atom is -0.495 e. The number of nitrogens with one attached hydrogen (secondary N) is 1. The fourth-order valence-corrected chi connectivity index (χ4v) is 2.94. The van der Waals surface area contributed by atoms with Crippen LogP contribution in [-0.4, -0.2) is 13.2 Å². The molecule has 2 rings (SSSR count). The molecule has 0 saturated heterocycles. The molecule has 1 saturated carbocycles. The lowest BCUT2D eigenvalue weighted by molar-refractivity contribution is 0.313. The predicted molar refractivity (Wildman–Crippen MR) is 82.0 cm³/mol. The van der Waals surface area contributed by atoms with Crippen molar-refractivity contribution in [1.29, 1.82) is 0 Å². The van der Waals surface area contributed by atoms with E-state index in [-0.39, 0.29) is 0 Å². The van der Waals surface area contributed by atoms with E-state index in [0.29, 0.717) is 11.5 Å². The van der Waals surface area contributed by atoms with Gasteiger partial charge in [-0.3, -0.25) is 0 Å². The summed E-state index contributed by atoms with van der Waals surface area (Å²) in [5.74, 6) is 0.962. The van der Waals surface area contributed by atoms with Crippen LogP contribution in [0, 0.1) is 12.3 Å². The minimum absolute atomic E-state index is 0.508. The Morgan fingerprint density at radius 3 is 2.74 bits per heavy atom. The van der Waals surface area contributed by atoms with Gasteiger partial charge in [-0.25, -0.2) is 0 Å². The molecule has 1 N–H and O–H groups in total. The van der Waals surface area contributed by atoms with E-state index < -0.39 is 0 Å². The largest absolute Gasteiger partial charge is 0.495 e. The van der Waals surface area contributed by atoms with Crippen molar-refractivity contribution in [3.63, 3.8) is 0 Å². The van der Waals surface area contributed by atoms with Gasteiger partial charge in [-0.15, -0.1) is 0 Å². The Bertz CT molecular complexity index is 425. The van der Waals surface area contributed by atoms with E-state index in [4.69, 9.17) is 4.74 Å². The Hall–Kier alpha value is -1.18. The number of rotatable bonds is 3. The van der Waals surface area contributed by atoms with Crippen LogP contribution in [0.25, 0.3) is 0 Å². The second kappa shape index (κ2) is 5.85. The zero-order chi connectivity index (χ0) is 13.9. The molecule has 0 radical (unpaired) electrons. The summed E-state index contributed by atoms with van der Waals surface area (Å²) in [6.45, 7) is 6.88. The van der Waals surface area contributed by atoms with E-state index in [9.17, 15) is 0 Å². The van der Waals surface area contributed by atoms with Crippen LogP contribution in [0.5, 0.6) is 5.75 Å². The Morgan fingerprint density at radius 1 is 1.21 bits per heavy atom. The van der Waals surface area contributed by atoms with Crippen molar-refractivity contribution in [2.75, 3.05) is 12.4 Å². The highest BCUT2D eigenvalue weighted by Crippen LogP contribution is 2.35. The fourth-order valence-electron chi connectivity index (χ4n) is 2.94. The van der Waals surface area contributed by atoms with Gasteiger partial charge >= 0.3 is 0 Å². The maximum atomic E-state index is 5.48. The van der Waals surface area contributed by atoms with Gasteiger partial charge in [0.05, 0.1) is 12.8 Å². The first-order valence-electron chi connectivity index (χ1n) is 7.41. The van der Waals surface area contributed by atoms with Gasteiger partial charge in [0.1, 0.15) is 5.75 Å². The summed E-state index contributed by atoms with van der Waals surface area (Å²) in [4.78, 5) is 0. The Kier molecular flexibility index (Phi) is 4.38. The molecule has 0 aliphatic heterocycles. The third-order valence-corrected chi connectivity index (χ3v) is 4.29. The number of benzene rings is 1. The molecule has 106 valence electrons. The molecular formula is C17H27NO. The third kappa shape index (κ3) is 3.89. The van der Waals surface area contributed by atoms with Crippen molar-refractivity contribution < 1.29 is 4.74 Å². The van der Waals surface area contributed by atoms with E-state index in [0.717, 1.165) is 11.4 Å². The van der Waals surface area contributed by atoms with Crippen molar-refractivity contribution in [3.8, 4) is 5.75 Å². The molecule has 0 aromatic heterocycles. The molecular weight excluding hydrogens is 234 g/mol. The zero-order valence-electron chi connectivity index (χ0n) is 12.8. The lowest BCUT2D eigenvalue weighted by Gasteiger charge is -2.23.